The van der Waals surface area contributed by atoms with Crippen molar-refractivity contribution >= 4 is 27.7 Å². The number of carbonyl (C=O) groups is 1. The van der Waals surface area contributed by atoms with Crippen LogP contribution in [0.3, 0.4) is 0 Å². The van der Waals surface area contributed by atoms with E-state index in [9.17, 15) is 9.18 Å². The molecular weight excluding hydrogens is 313 g/mol. The van der Waals surface area contributed by atoms with E-state index in [4.69, 9.17) is 5.26 Å². The van der Waals surface area contributed by atoms with E-state index < -0.39 is 11.7 Å². The van der Waals surface area contributed by atoms with Crippen molar-refractivity contribution in [2.45, 2.75) is 0 Å². The van der Waals surface area contributed by atoms with Crippen LogP contribution < -0.4 is 5.32 Å². The van der Waals surface area contributed by atoms with Crippen molar-refractivity contribution in [1.29, 1.82) is 5.26 Å². The van der Waals surface area contributed by atoms with Gasteiger partial charge in [0.1, 0.15) is 17.7 Å². The second-order valence-electron chi connectivity index (χ2n) is 3.60. The third-order valence-corrected chi connectivity index (χ3v) is 2.94. The van der Waals surface area contributed by atoms with E-state index in [0.29, 0.717) is 5.56 Å². The Balaban J connectivity index is 2.21. The van der Waals surface area contributed by atoms with Gasteiger partial charge in [0.25, 0.3) is 5.91 Å². The molecule has 0 radical (unpaired) electrons. The zero-order valence-electron chi connectivity index (χ0n) is 9.52. The normalized spacial score (nSPS) is 9.74. The standard InChI is InChI=1S/C13H7BrFN3O/c14-10-3-1-2-9(12(10)15)13(19)18-11-5-4-8(6-16)7-17-11/h1-5,7H,(H,17,18,19). The second-order valence-corrected chi connectivity index (χ2v) is 4.45. The van der Waals surface area contributed by atoms with Crippen LogP contribution in [-0.2, 0) is 0 Å². The summed E-state index contributed by atoms with van der Waals surface area (Å²) < 4.78 is 13.9. The molecule has 19 heavy (non-hydrogen) atoms. The molecule has 1 heterocycles. The van der Waals surface area contributed by atoms with Crippen molar-refractivity contribution in [3.63, 3.8) is 0 Å². The Morgan fingerprint density at radius 2 is 2.16 bits per heavy atom. The van der Waals surface area contributed by atoms with Crippen molar-refractivity contribution < 1.29 is 9.18 Å². The zero-order valence-corrected chi connectivity index (χ0v) is 11.1. The average molecular weight is 320 g/mol. The second kappa shape index (κ2) is 5.59. The maximum absolute atomic E-state index is 13.7. The summed E-state index contributed by atoms with van der Waals surface area (Å²) in [5.41, 5.74) is 0.298. The van der Waals surface area contributed by atoms with Gasteiger partial charge in [0.05, 0.1) is 15.6 Å². The Morgan fingerprint density at radius 1 is 1.37 bits per heavy atom. The lowest BCUT2D eigenvalue weighted by atomic mass is 10.2. The van der Waals surface area contributed by atoms with E-state index in [2.05, 4.69) is 26.2 Å². The molecule has 0 atom stereocenters. The quantitative estimate of drug-likeness (QED) is 0.924. The fraction of sp³-hybridized carbons (Fsp3) is 0. The van der Waals surface area contributed by atoms with Crippen molar-refractivity contribution in [3.05, 3.63) is 57.9 Å². The molecule has 0 aliphatic rings. The number of aromatic nitrogens is 1. The van der Waals surface area contributed by atoms with E-state index in [1.165, 1.54) is 30.5 Å². The summed E-state index contributed by atoms with van der Waals surface area (Å²) >= 11 is 3.01. The molecule has 1 amide bonds. The first-order valence-electron chi connectivity index (χ1n) is 5.23. The largest absolute Gasteiger partial charge is 0.306 e. The summed E-state index contributed by atoms with van der Waals surface area (Å²) in [6.45, 7) is 0. The molecule has 0 unspecified atom stereocenters. The Labute approximate surface area is 117 Å². The molecule has 6 heteroatoms. The van der Waals surface area contributed by atoms with Gasteiger partial charge in [-0.3, -0.25) is 4.79 Å². The molecule has 0 aliphatic heterocycles. The molecule has 0 bridgehead atoms. The number of amides is 1. The topological polar surface area (TPSA) is 65.8 Å². The lowest BCUT2D eigenvalue weighted by Crippen LogP contribution is -2.14. The maximum Gasteiger partial charge on any atom is 0.259 e. The van der Waals surface area contributed by atoms with E-state index in [-0.39, 0.29) is 15.9 Å². The summed E-state index contributed by atoms with van der Waals surface area (Å²) in [5, 5.41) is 11.1. The number of nitriles is 1. The van der Waals surface area contributed by atoms with Crippen molar-refractivity contribution in [3.8, 4) is 6.07 Å². The van der Waals surface area contributed by atoms with E-state index in [1.807, 2.05) is 6.07 Å². The molecule has 94 valence electrons. The summed E-state index contributed by atoms with van der Waals surface area (Å²) in [4.78, 5) is 15.7. The maximum atomic E-state index is 13.7. The Kier molecular flexibility index (Phi) is 3.88. The van der Waals surface area contributed by atoms with Gasteiger partial charge in [0.2, 0.25) is 0 Å². The summed E-state index contributed by atoms with van der Waals surface area (Å²) in [6, 6.07) is 9.35. The number of anilines is 1. The molecule has 0 fully saturated rings. The van der Waals surface area contributed by atoms with Crippen LogP contribution in [0.4, 0.5) is 10.2 Å². The molecule has 0 aliphatic carbocycles. The minimum absolute atomic E-state index is 0.0828. The lowest BCUT2D eigenvalue weighted by Gasteiger charge is -2.06. The monoisotopic (exact) mass is 319 g/mol. The van der Waals surface area contributed by atoms with Crippen LogP contribution in [0.5, 0.6) is 0 Å². The third kappa shape index (κ3) is 2.95. The van der Waals surface area contributed by atoms with Crippen LogP contribution in [0.2, 0.25) is 0 Å². The van der Waals surface area contributed by atoms with Gasteiger partial charge < -0.3 is 5.32 Å². The average Bonchev–Trinajstić information content (AvgIpc) is 2.42. The van der Waals surface area contributed by atoms with Crippen LogP contribution >= 0.6 is 15.9 Å². The van der Waals surface area contributed by atoms with Gasteiger partial charge in [-0.15, -0.1) is 0 Å². The molecule has 1 aromatic carbocycles. The SMILES string of the molecule is N#Cc1ccc(NC(=O)c2cccc(Br)c2F)nc1. The van der Waals surface area contributed by atoms with Crippen LogP contribution in [-0.4, -0.2) is 10.9 Å². The van der Waals surface area contributed by atoms with Crippen LogP contribution in [0.1, 0.15) is 15.9 Å². The molecule has 2 rings (SSSR count). The minimum Gasteiger partial charge on any atom is -0.306 e. The van der Waals surface area contributed by atoms with Gasteiger partial charge in [0.15, 0.2) is 0 Å². The molecule has 0 saturated carbocycles. The molecule has 1 N–H and O–H groups in total. The predicted octanol–water partition coefficient (Wildman–Crippen LogP) is 3.11. The highest BCUT2D eigenvalue weighted by molar-refractivity contribution is 9.10. The summed E-state index contributed by atoms with van der Waals surface area (Å²) in [7, 11) is 0. The fourth-order valence-corrected chi connectivity index (χ4v) is 1.76. The minimum atomic E-state index is -0.631. The van der Waals surface area contributed by atoms with Crippen molar-refractivity contribution in [2.75, 3.05) is 5.32 Å². The molecule has 1 aromatic heterocycles. The van der Waals surface area contributed by atoms with Gasteiger partial charge >= 0.3 is 0 Å². The first kappa shape index (κ1) is 13.2. The van der Waals surface area contributed by atoms with Crippen LogP contribution in [0.25, 0.3) is 0 Å². The van der Waals surface area contributed by atoms with E-state index in [1.54, 1.807) is 6.07 Å². The smallest absolute Gasteiger partial charge is 0.259 e. The predicted molar refractivity (Wildman–Crippen MR) is 71.0 cm³/mol. The Bertz CT molecular complexity index is 665. The van der Waals surface area contributed by atoms with Gasteiger partial charge in [-0.05, 0) is 40.2 Å². The van der Waals surface area contributed by atoms with Crippen LogP contribution in [0.15, 0.2) is 41.0 Å². The van der Waals surface area contributed by atoms with Crippen LogP contribution in [0, 0.1) is 17.1 Å². The lowest BCUT2D eigenvalue weighted by molar-refractivity contribution is 0.102. The molecule has 0 spiro atoms. The molecule has 4 nitrogen and oxygen atoms in total. The number of nitrogens with zero attached hydrogens (tertiary/aromatic N) is 2. The molecular formula is C13H7BrFN3O. The number of hydrogen-bond donors (Lipinski definition) is 1. The highest BCUT2D eigenvalue weighted by Crippen LogP contribution is 2.19. The first-order valence-corrected chi connectivity index (χ1v) is 6.02. The highest BCUT2D eigenvalue weighted by atomic mass is 79.9. The fourth-order valence-electron chi connectivity index (χ4n) is 1.40. The zero-order chi connectivity index (χ0) is 13.8. The number of hydrogen-bond acceptors (Lipinski definition) is 3. The third-order valence-electron chi connectivity index (χ3n) is 2.33. The summed E-state index contributed by atoms with van der Waals surface area (Å²) in [5.74, 6) is -0.979. The Morgan fingerprint density at radius 3 is 2.79 bits per heavy atom. The van der Waals surface area contributed by atoms with Gasteiger partial charge in [0, 0.05) is 6.20 Å². The summed E-state index contributed by atoms with van der Waals surface area (Å²) in [6.07, 6.45) is 1.33. The first-order chi connectivity index (χ1) is 9.11. The number of halogens is 2. The number of rotatable bonds is 2. The molecule has 0 saturated heterocycles. The van der Waals surface area contributed by atoms with Gasteiger partial charge in [-0.2, -0.15) is 5.26 Å². The number of pyridine rings is 1. The van der Waals surface area contributed by atoms with E-state index >= 15 is 0 Å². The van der Waals surface area contributed by atoms with Gasteiger partial charge in [-0.25, -0.2) is 9.37 Å². The van der Waals surface area contributed by atoms with E-state index in [0.717, 1.165) is 0 Å². The van der Waals surface area contributed by atoms with Crippen molar-refractivity contribution in [2.24, 2.45) is 0 Å². The highest BCUT2D eigenvalue weighted by Gasteiger charge is 2.14. The Hall–Kier alpha value is -2.26. The number of benzene rings is 1. The van der Waals surface area contributed by atoms with Gasteiger partial charge in [-0.1, -0.05) is 6.07 Å². The van der Waals surface area contributed by atoms with Crippen molar-refractivity contribution in [1.82, 2.24) is 4.98 Å². The number of carbonyl (C=O) groups excluding carboxylic acids is 1. The molecule has 2 aromatic rings. The number of nitrogens with one attached hydrogen (secondary N) is 1.